The Morgan fingerprint density at radius 2 is 1.68 bits per heavy atom. The van der Waals surface area contributed by atoms with Gasteiger partial charge in [-0.2, -0.15) is 0 Å². The Balaban J connectivity index is 2.23. The molecule has 0 saturated heterocycles. The molecule has 0 amide bonds. The van der Waals surface area contributed by atoms with Gasteiger partial charge in [-0.3, -0.25) is 0 Å². The number of aromatic nitrogens is 2. The van der Waals surface area contributed by atoms with Crippen LogP contribution < -0.4 is 10.6 Å². The van der Waals surface area contributed by atoms with Crippen LogP contribution in [0.15, 0.2) is 29.0 Å². The number of hydrogen-bond donors (Lipinski definition) is 2. The first kappa shape index (κ1) is 13.8. The van der Waals surface area contributed by atoms with Gasteiger partial charge >= 0.3 is 0 Å². The maximum absolute atomic E-state index is 4.22. The predicted molar refractivity (Wildman–Crippen MR) is 83.1 cm³/mol. The molecule has 2 N–H and O–H groups in total. The van der Waals surface area contributed by atoms with E-state index in [1.54, 1.807) is 6.33 Å². The van der Waals surface area contributed by atoms with Gasteiger partial charge in [-0.05, 0) is 44.0 Å². The zero-order chi connectivity index (χ0) is 13.8. The zero-order valence-corrected chi connectivity index (χ0v) is 12.9. The second-order valence-electron chi connectivity index (χ2n) is 4.37. The molecular weight excluding hydrogens is 304 g/mol. The van der Waals surface area contributed by atoms with Gasteiger partial charge in [-0.25, -0.2) is 9.97 Å². The maximum Gasteiger partial charge on any atom is 0.135 e. The van der Waals surface area contributed by atoms with Crippen molar-refractivity contribution in [3.63, 3.8) is 0 Å². The lowest BCUT2D eigenvalue weighted by molar-refractivity contribution is 1.11. The molecule has 1 aromatic carbocycles. The molecule has 4 nitrogen and oxygen atoms in total. The molecule has 0 unspecified atom stereocenters. The van der Waals surface area contributed by atoms with Crippen LogP contribution in [-0.4, -0.2) is 16.5 Å². The van der Waals surface area contributed by atoms with E-state index in [0.29, 0.717) is 0 Å². The van der Waals surface area contributed by atoms with E-state index >= 15 is 0 Å². The fraction of sp³-hybridized carbons (Fsp3) is 0.286. The van der Waals surface area contributed by atoms with Gasteiger partial charge in [0.15, 0.2) is 0 Å². The molecular formula is C14H17BrN4. The van der Waals surface area contributed by atoms with Crippen LogP contribution in [-0.2, 0) is 0 Å². The highest BCUT2D eigenvalue weighted by Crippen LogP contribution is 2.26. The van der Waals surface area contributed by atoms with E-state index in [9.17, 15) is 0 Å². The van der Waals surface area contributed by atoms with E-state index in [4.69, 9.17) is 0 Å². The van der Waals surface area contributed by atoms with E-state index in [-0.39, 0.29) is 0 Å². The number of rotatable bonds is 4. The first-order valence-corrected chi connectivity index (χ1v) is 6.99. The fourth-order valence-corrected chi connectivity index (χ4v) is 2.10. The Morgan fingerprint density at radius 3 is 2.32 bits per heavy atom. The van der Waals surface area contributed by atoms with E-state index in [1.165, 1.54) is 11.1 Å². The highest BCUT2D eigenvalue weighted by Gasteiger charge is 2.04. The minimum Gasteiger partial charge on any atom is -0.370 e. The normalized spacial score (nSPS) is 10.3. The third kappa shape index (κ3) is 3.44. The summed E-state index contributed by atoms with van der Waals surface area (Å²) in [5, 5.41) is 6.47. The van der Waals surface area contributed by atoms with Crippen molar-refractivity contribution in [3.8, 4) is 0 Å². The lowest BCUT2D eigenvalue weighted by Crippen LogP contribution is -2.02. The summed E-state index contributed by atoms with van der Waals surface area (Å²) >= 11 is 3.57. The van der Waals surface area contributed by atoms with Crippen LogP contribution in [0.25, 0.3) is 0 Å². The third-order valence-corrected chi connectivity index (χ3v) is 3.98. The van der Waals surface area contributed by atoms with Crippen LogP contribution in [0, 0.1) is 13.8 Å². The van der Waals surface area contributed by atoms with Crippen molar-refractivity contribution < 1.29 is 0 Å². The number of benzene rings is 1. The number of halogens is 1. The van der Waals surface area contributed by atoms with Gasteiger partial charge in [-0.1, -0.05) is 15.9 Å². The maximum atomic E-state index is 4.22. The van der Waals surface area contributed by atoms with Crippen LogP contribution >= 0.6 is 15.9 Å². The van der Waals surface area contributed by atoms with Crippen molar-refractivity contribution in [2.75, 3.05) is 17.2 Å². The number of anilines is 3. The summed E-state index contributed by atoms with van der Waals surface area (Å²) in [5.41, 5.74) is 3.42. The monoisotopic (exact) mass is 320 g/mol. The number of nitrogens with one attached hydrogen (secondary N) is 2. The lowest BCUT2D eigenvalue weighted by Gasteiger charge is -2.10. The molecule has 0 aliphatic heterocycles. The number of aryl methyl sites for hydroxylation is 2. The molecule has 0 fully saturated rings. The standard InChI is InChI=1S/C14H17BrN4/c1-4-16-12-7-13(18-8-17-12)19-11-5-9(2)14(15)10(3)6-11/h5-8H,4H2,1-3H3,(H2,16,17,18,19). The van der Waals surface area contributed by atoms with Gasteiger partial charge < -0.3 is 10.6 Å². The van der Waals surface area contributed by atoms with Crippen molar-refractivity contribution in [3.05, 3.63) is 40.1 Å². The summed E-state index contributed by atoms with van der Waals surface area (Å²) in [7, 11) is 0. The van der Waals surface area contributed by atoms with Crippen molar-refractivity contribution in [1.29, 1.82) is 0 Å². The smallest absolute Gasteiger partial charge is 0.135 e. The summed E-state index contributed by atoms with van der Waals surface area (Å²) < 4.78 is 1.15. The topological polar surface area (TPSA) is 49.8 Å². The second-order valence-corrected chi connectivity index (χ2v) is 5.16. The molecule has 0 atom stereocenters. The first-order valence-electron chi connectivity index (χ1n) is 6.20. The van der Waals surface area contributed by atoms with Crippen LogP contribution in [0.5, 0.6) is 0 Å². The second kappa shape index (κ2) is 6.02. The molecule has 2 rings (SSSR count). The highest BCUT2D eigenvalue weighted by molar-refractivity contribution is 9.10. The van der Waals surface area contributed by atoms with Crippen LogP contribution in [0.3, 0.4) is 0 Å². The Kier molecular flexibility index (Phi) is 4.37. The quantitative estimate of drug-likeness (QED) is 0.892. The summed E-state index contributed by atoms with van der Waals surface area (Å²) in [6.45, 7) is 7.03. The minimum absolute atomic E-state index is 0.784. The molecule has 0 spiro atoms. The van der Waals surface area contributed by atoms with E-state index in [2.05, 4.69) is 62.5 Å². The minimum atomic E-state index is 0.784. The largest absolute Gasteiger partial charge is 0.370 e. The molecule has 0 saturated carbocycles. The Bertz CT molecular complexity index is 560. The predicted octanol–water partition coefficient (Wildman–Crippen LogP) is 4.03. The average Bonchev–Trinajstić information content (AvgIpc) is 2.37. The van der Waals surface area contributed by atoms with Gasteiger partial charge in [0.2, 0.25) is 0 Å². The summed E-state index contributed by atoms with van der Waals surface area (Å²) in [6.07, 6.45) is 1.55. The van der Waals surface area contributed by atoms with Gasteiger partial charge in [0.05, 0.1) is 0 Å². The molecule has 1 heterocycles. The fourth-order valence-electron chi connectivity index (χ4n) is 1.87. The molecule has 100 valence electrons. The van der Waals surface area contributed by atoms with E-state index in [1.807, 2.05) is 13.0 Å². The molecule has 0 bridgehead atoms. The third-order valence-electron chi connectivity index (χ3n) is 2.73. The van der Waals surface area contributed by atoms with Crippen molar-refractivity contribution in [2.24, 2.45) is 0 Å². The Morgan fingerprint density at radius 1 is 1.05 bits per heavy atom. The molecule has 0 aliphatic carbocycles. The van der Waals surface area contributed by atoms with Gasteiger partial charge in [0.1, 0.15) is 18.0 Å². The molecule has 19 heavy (non-hydrogen) atoms. The molecule has 0 aliphatic rings. The highest BCUT2D eigenvalue weighted by atomic mass is 79.9. The van der Waals surface area contributed by atoms with Crippen molar-refractivity contribution in [2.45, 2.75) is 20.8 Å². The molecule has 1 aromatic heterocycles. The van der Waals surface area contributed by atoms with Gasteiger partial charge in [-0.15, -0.1) is 0 Å². The molecule has 0 radical (unpaired) electrons. The van der Waals surface area contributed by atoms with Gasteiger partial charge in [0, 0.05) is 22.8 Å². The summed E-state index contributed by atoms with van der Waals surface area (Å²) in [4.78, 5) is 8.38. The average molecular weight is 321 g/mol. The van der Waals surface area contributed by atoms with E-state index in [0.717, 1.165) is 28.3 Å². The lowest BCUT2D eigenvalue weighted by atomic mass is 10.1. The number of hydrogen-bond acceptors (Lipinski definition) is 4. The van der Waals surface area contributed by atoms with Crippen LogP contribution in [0.4, 0.5) is 17.3 Å². The number of nitrogens with zero attached hydrogens (tertiary/aromatic N) is 2. The van der Waals surface area contributed by atoms with E-state index < -0.39 is 0 Å². The van der Waals surface area contributed by atoms with Gasteiger partial charge in [0.25, 0.3) is 0 Å². The zero-order valence-electron chi connectivity index (χ0n) is 11.3. The SMILES string of the molecule is CCNc1cc(Nc2cc(C)c(Br)c(C)c2)ncn1. The Labute approximate surface area is 121 Å². The molecule has 5 heteroatoms. The van der Waals surface area contributed by atoms with Crippen molar-refractivity contribution >= 4 is 33.3 Å². The Hall–Kier alpha value is -1.62. The summed E-state index contributed by atoms with van der Waals surface area (Å²) in [5.74, 6) is 1.61. The van der Waals surface area contributed by atoms with Crippen LogP contribution in [0.2, 0.25) is 0 Å². The molecule has 2 aromatic rings. The first-order chi connectivity index (χ1) is 9.10. The summed E-state index contributed by atoms with van der Waals surface area (Å²) in [6, 6.07) is 6.08. The van der Waals surface area contributed by atoms with Crippen molar-refractivity contribution in [1.82, 2.24) is 9.97 Å². The van der Waals surface area contributed by atoms with Crippen LogP contribution in [0.1, 0.15) is 18.1 Å².